The van der Waals surface area contributed by atoms with Crippen molar-refractivity contribution in [2.45, 2.75) is 67.0 Å². The molecule has 284 valence electrons. The number of fused-ring (bicyclic) bond motifs is 2. The molecule has 0 spiro atoms. The van der Waals surface area contributed by atoms with E-state index in [1.807, 2.05) is 0 Å². The number of carbonyl (C=O) groups excluding carboxylic acids is 2. The predicted molar refractivity (Wildman–Crippen MR) is 147 cm³/mol. The van der Waals surface area contributed by atoms with Gasteiger partial charge in [0.25, 0.3) is 0 Å². The summed E-state index contributed by atoms with van der Waals surface area (Å²) in [5, 5.41) is 2.84. The molecule has 0 aromatic heterocycles. The summed E-state index contributed by atoms with van der Waals surface area (Å²) in [5.41, 5.74) is 5.87. The Morgan fingerprint density at radius 1 is 0.500 bits per heavy atom. The van der Waals surface area contributed by atoms with Crippen molar-refractivity contribution < 1.29 is 84.2 Å². The molecule has 0 saturated heterocycles. The number of hydrogen-bond donors (Lipinski definition) is 2. The van der Waals surface area contributed by atoms with Gasteiger partial charge in [-0.15, -0.1) is 0 Å². The van der Waals surface area contributed by atoms with Crippen molar-refractivity contribution in [1.82, 2.24) is 0 Å². The third-order valence-corrected chi connectivity index (χ3v) is 8.13. The molecule has 0 radical (unpaired) electrons. The highest BCUT2D eigenvalue weighted by atomic mass is 19.4. The van der Waals surface area contributed by atoms with Gasteiger partial charge in [0.1, 0.15) is 0 Å². The Balaban J connectivity index is 1.50. The Morgan fingerprint density at radius 3 is 1.40 bits per heavy atom. The minimum atomic E-state index is -8.68. The fourth-order valence-corrected chi connectivity index (χ4v) is 5.07. The minimum absolute atomic E-state index is 0.0173. The van der Waals surface area contributed by atoms with Crippen molar-refractivity contribution in [2.75, 3.05) is 11.1 Å². The predicted octanol–water partition coefficient (Wildman–Crippen LogP) is 9.60. The van der Waals surface area contributed by atoms with E-state index in [2.05, 4.69) is 5.32 Å². The number of halogens is 17. The molecule has 1 aliphatic rings. The summed E-state index contributed by atoms with van der Waals surface area (Å²) in [7, 11) is 0. The Morgan fingerprint density at radius 2 is 0.923 bits per heavy atom. The summed E-state index contributed by atoms with van der Waals surface area (Å²) in [4.78, 5) is 26.2. The molecule has 0 aliphatic heterocycles. The van der Waals surface area contributed by atoms with Crippen LogP contribution in [0.25, 0.3) is 0 Å². The monoisotopic (exact) mass is 774 g/mol. The van der Waals surface area contributed by atoms with Gasteiger partial charge in [-0.2, -0.15) is 74.6 Å². The summed E-state index contributed by atoms with van der Waals surface area (Å²) in [6.45, 7) is -0.179. The second-order valence-electron chi connectivity index (χ2n) is 11.5. The maximum absolute atomic E-state index is 14.3. The van der Waals surface area contributed by atoms with Gasteiger partial charge >= 0.3 is 47.6 Å². The number of hydrogen-bond acceptors (Lipinski definition) is 4. The van der Waals surface area contributed by atoms with Crippen LogP contribution in [0.5, 0.6) is 0 Å². The molecule has 0 amide bonds. The van der Waals surface area contributed by atoms with Crippen LogP contribution in [0.15, 0.2) is 60.7 Å². The Hall–Kier alpha value is -4.59. The van der Waals surface area contributed by atoms with Gasteiger partial charge in [-0.1, -0.05) is 48.5 Å². The molecule has 0 fully saturated rings. The molecular weight excluding hydrogens is 755 g/mol. The Labute approximate surface area is 279 Å². The lowest BCUT2D eigenvalue weighted by atomic mass is 9.82. The molecule has 0 heterocycles. The van der Waals surface area contributed by atoms with Gasteiger partial charge in [0.05, 0.1) is 11.1 Å². The van der Waals surface area contributed by atoms with Crippen LogP contribution in [0.3, 0.4) is 0 Å². The van der Waals surface area contributed by atoms with Crippen molar-refractivity contribution in [3.8, 4) is 0 Å². The summed E-state index contributed by atoms with van der Waals surface area (Å²) in [6.07, 6.45) is -11.8. The lowest BCUT2D eigenvalue weighted by Gasteiger charge is -2.42. The van der Waals surface area contributed by atoms with Gasteiger partial charge in [0, 0.05) is 35.5 Å². The molecule has 0 saturated carbocycles. The van der Waals surface area contributed by atoms with Crippen LogP contribution in [0.4, 0.5) is 86.0 Å². The highest BCUT2D eigenvalue weighted by molar-refractivity contribution is 6.31. The molecule has 21 heteroatoms. The van der Waals surface area contributed by atoms with E-state index in [1.165, 1.54) is 36.4 Å². The number of nitrogen functional groups attached to an aromatic ring is 1. The summed E-state index contributed by atoms with van der Waals surface area (Å²) in [5.74, 6) is -57.7. The fraction of sp³-hybridized carbons (Fsp3) is 0.355. The second-order valence-corrected chi connectivity index (χ2v) is 11.5. The molecule has 0 unspecified atom stereocenters. The number of aryl methyl sites for hydroxylation is 1. The van der Waals surface area contributed by atoms with Crippen LogP contribution in [0.1, 0.15) is 49.4 Å². The van der Waals surface area contributed by atoms with Crippen molar-refractivity contribution >= 4 is 22.9 Å². The zero-order valence-corrected chi connectivity index (χ0v) is 25.2. The molecule has 3 N–H and O–H groups in total. The largest absolute Gasteiger partial charge is 0.460 e. The number of nitrogens with two attached hydrogens (primary N) is 1. The van der Waals surface area contributed by atoms with E-state index in [-0.39, 0.29) is 45.7 Å². The van der Waals surface area contributed by atoms with Crippen molar-refractivity contribution in [3.05, 3.63) is 94.0 Å². The number of alkyl halides is 17. The van der Waals surface area contributed by atoms with Crippen LogP contribution >= 0.6 is 0 Å². The number of ketones is 2. The first-order valence-electron chi connectivity index (χ1n) is 14.1. The van der Waals surface area contributed by atoms with Crippen LogP contribution in [0, 0.1) is 0 Å². The highest BCUT2D eigenvalue weighted by Gasteiger charge is 2.95. The number of carbonyl (C=O) groups is 2. The molecule has 4 rings (SSSR count). The highest BCUT2D eigenvalue weighted by Crippen LogP contribution is 2.64. The number of anilines is 2. The summed E-state index contributed by atoms with van der Waals surface area (Å²) in [6, 6.07) is 12.6. The molecule has 0 bridgehead atoms. The van der Waals surface area contributed by atoms with Gasteiger partial charge in [-0.25, -0.2) is 0 Å². The third-order valence-electron chi connectivity index (χ3n) is 8.13. The standard InChI is InChI=1S/C31H19F17N2O2/c32-24(33,25(34,35)26(36,37)27(38,39)28(40,41)29(42,43)30(44,45)31(46,47)48)12-11-14-5-7-15(8-6-14)13-50-19-10-9-18(49)20-21(19)23(52)17-4-2-1-3-16(17)22(20)51/h1-10,50H,11-13,49H2. The number of rotatable bonds is 12. The van der Waals surface area contributed by atoms with Crippen molar-refractivity contribution in [1.29, 1.82) is 0 Å². The normalized spacial score (nSPS) is 15.0. The van der Waals surface area contributed by atoms with E-state index in [9.17, 15) is 84.2 Å². The van der Waals surface area contributed by atoms with Crippen LogP contribution in [-0.4, -0.2) is 59.2 Å². The lowest BCUT2D eigenvalue weighted by Crippen LogP contribution is -2.74. The van der Waals surface area contributed by atoms with E-state index < -0.39 is 77.6 Å². The van der Waals surface area contributed by atoms with E-state index in [0.29, 0.717) is 0 Å². The van der Waals surface area contributed by atoms with E-state index >= 15 is 0 Å². The van der Waals surface area contributed by atoms with Crippen molar-refractivity contribution in [3.63, 3.8) is 0 Å². The van der Waals surface area contributed by atoms with Crippen molar-refractivity contribution in [2.24, 2.45) is 0 Å². The molecule has 4 nitrogen and oxygen atoms in total. The minimum Gasteiger partial charge on any atom is -0.398 e. The molecule has 52 heavy (non-hydrogen) atoms. The zero-order valence-electron chi connectivity index (χ0n) is 25.2. The van der Waals surface area contributed by atoms with E-state index in [1.54, 1.807) is 0 Å². The molecule has 1 aliphatic carbocycles. The average molecular weight is 774 g/mol. The molecule has 3 aromatic rings. The zero-order chi connectivity index (χ0) is 39.7. The summed E-state index contributed by atoms with van der Waals surface area (Å²) < 4.78 is 230. The van der Waals surface area contributed by atoms with Gasteiger partial charge in [-0.05, 0) is 29.7 Å². The number of benzene rings is 3. The Kier molecular flexibility index (Phi) is 9.68. The molecule has 0 atom stereocenters. The maximum atomic E-state index is 14.3. The lowest BCUT2D eigenvalue weighted by molar-refractivity contribution is -0.461. The third kappa shape index (κ3) is 5.88. The van der Waals surface area contributed by atoms with Crippen LogP contribution in [-0.2, 0) is 13.0 Å². The molecule has 3 aromatic carbocycles. The quantitative estimate of drug-likeness (QED) is 0.111. The van der Waals surface area contributed by atoms with Crippen LogP contribution in [0.2, 0.25) is 0 Å². The first-order chi connectivity index (χ1) is 23.5. The second kappa shape index (κ2) is 12.5. The van der Waals surface area contributed by atoms with Gasteiger partial charge in [0.2, 0.25) is 0 Å². The smallest absolute Gasteiger partial charge is 0.398 e. The fourth-order valence-electron chi connectivity index (χ4n) is 5.07. The molecular formula is C31H19F17N2O2. The van der Waals surface area contributed by atoms with Gasteiger partial charge in [-0.3, -0.25) is 9.59 Å². The van der Waals surface area contributed by atoms with Crippen LogP contribution < -0.4 is 11.1 Å². The Bertz CT molecular complexity index is 1870. The first-order valence-corrected chi connectivity index (χ1v) is 14.1. The first kappa shape index (κ1) is 40.2. The van der Waals surface area contributed by atoms with Gasteiger partial charge < -0.3 is 11.1 Å². The average Bonchev–Trinajstić information content (AvgIpc) is 3.05. The number of nitrogens with one attached hydrogen (secondary N) is 1. The van der Waals surface area contributed by atoms with E-state index in [4.69, 9.17) is 5.73 Å². The summed E-state index contributed by atoms with van der Waals surface area (Å²) >= 11 is 0. The van der Waals surface area contributed by atoms with E-state index in [0.717, 1.165) is 24.3 Å². The SMILES string of the molecule is Nc1ccc(NCc2ccc(CCC(F)(F)C(F)(F)C(F)(F)C(F)(F)C(F)(F)C(F)(F)C(F)(F)C(F)(F)F)cc2)c2c1C(=O)c1ccccc1C2=O. The maximum Gasteiger partial charge on any atom is 0.460 e. The topological polar surface area (TPSA) is 72.2 Å². The van der Waals surface area contributed by atoms with Gasteiger partial charge in [0.15, 0.2) is 11.6 Å².